The van der Waals surface area contributed by atoms with Gasteiger partial charge in [-0.3, -0.25) is 4.98 Å². The van der Waals surface area contributed by atoms with Crippen LogP contribution in [0.15, 0.2) is 54.7 Å². The van der Waals surface area contributed by atoms with E-state index < -0.39 is 0 Å². The Morgan fingerprint density at radius 1 is 1.05 bits per heavy atom. The number of hydrogen-bond donors (Lipinski definition) is 1. The van der Waals surface area contributed by atoms with Crippen molar-refractivity contribution in [1.29, 1.82) is 0 Å². The van der Waals surface area contributed by atoms with Crippen LogP contribution in [-0.2, 0) is 6.42 Å². The van der Waals surface area contributed by atoms with E-state index in [0.717, 1.165) is 28.6 Å². The minimum atomic E-state index is 0.549. The predicted octanol–water partition coefficient (Wildman–Crippen LogP) is 4.18. The van der Waals surface area contributed by atoms with E-state index in [0.29, 0.717) is 17.3 Å². The fourth-order valence-corrected chi connectivity index (χ4v) is 2.53. The average Bonchev–Trinajstić information content (AvgIpc) is 2.51. The molecule has 0 bridgehead atoms. The number of para-hydroxylation sites is 1. The van der Waals surface area contributed by atoms with Crippen LogP contribution in [0.4, 0.5) is 0 Å². The number of aromatic nitrogens is 1. The maximum atomic E-state index is 6.28. The molecule has 0 fully saturated rings. The molecule has 3 rings (SSSR count). The van der Waals surface area contributed by atoms with Gasteiger partial charge in [0.25, 0.3) is 0 Å². The quantitative estimate of drug-likeness (QED) is 0.786. The fourth-order valence-electron chi connectivity index (χ4n) is 2.29. The van der Waals surface area contributed by atoms with E-state index in [2.05, 4.69) is 4.98 Å². The van der Waals surface area contributed by atoms with Crippen molar-refractivity contribution in [2.24, 2.45) is 5.73 Å². The van der Waals surface area contributed by atoms with Crippen LogP contribution in [0.5, 0.6) is 11.5 Å². The van der Waals surface area contributed by atoms with Crippen molar-refractivity contribution in [3.05, 3.63) is 65.3 Å². The van der Waals surface area contributed by atoms with Crippen molar-refractivity contribution in [3.8, 4) is 11.5 Å². The van der Waals surface area contributed by atoms with E-state index in [4.69, 9.17) is 22.1 Å². The summed E-state index contributed by atoms with van der Waals surface area (Å²) in [5, 5.41) is 1.54. The van der Waals surface area contributed by atoms with Crippen molar-refractivity contribution in [2.45, 2.75) is 6.42 Å². The number of fused-ring (bicyclic) bond motifs is 1. The molecule has 106 valence electrons. The van der Waals surface area contributed by atoms with Gasteiger partial charge in [0, 0.05) is 11.6 Å². The second-order valence-electron chi connectivity index (χ2n) is 4.70. The molecule has 1 heterocycles. The monoisotopic (exact) mass is 298 g/mol. The molecule has 0 spiro atoms. The molecule has 0 aliphatic heterocycles. The SMILES string of the molecule is NCCc1cccc(Cl)c1Oc1cccc2ncccc12. The molecule has 0 saturated carbocycles. The van der Waals surface area contributed by atoms with Crippen molar-refractivity contribution in [2.75, 3.05) is 6.54 Å². The summed E-state index contributed by atoms with van der Waals surface area (Å²) >= 11 is 6.28. The Morgan fingerprint density at radius 2 is 1.90 bits per heavy atom. The van der Waals surface area contributed by atoms with Crippen LogP contribution in [-0.4, -0.2) is 11.5 Å². The Kier molecular flexibility index (Phi) is 4.04. The van der Waals surface area contributed by atoms with Gasteiger partial charge in [-0.25, -0.2) is 0 Å². The van der Waals surface area contributed by atoms with E-state index >= 15 is 0 Å². The van der Waals surface area contributed by atoms with Crippen LogP contribution in [0.25, 0.3) is 10.9 Å². The smallest absolute Gasteiger partial charge is 0.149 e. The van der Waals surface area contributed by atoms with Crippen molar-refractivity contribution >= 4 is 22.5 Å². The van der Waals surface area contributed by atoms with Gasteiger partial charge in [-0.2, -0.15) is 0 Å². The summed E-state index contributed by atoms with van der Waals surface area (Å²) < 4.78 is 6.08. The van der Waals surface area contributed by atoms with Gasteiger partial charge in [0.1, 0.15) is 11.5 Å². The first-order valence-electron chi connectivity index (χ1n) is 6.78. The van der Waals surface area contributed by atoms with Gasteiger partial charge >= 0.3 is 0 Å². The summed E-state index contributed by atoms with van der Waals surface area (Å²) in [5.41, 5.74) is 7.55. The lowest BCUT2D eigenvalue weighted by Gasteiger charge is -2.13. The first-order chi connectivity index (χ1) is 10.3. The zero-order valence-corrected chi connectivity index (χ0v) is 12.2. The summed E-state index contributed by atoms with van der Waals surface area (Å²) in [6.45, 7) is 0.549. The van der Waals surface area contributed by atoms with E-state index in [1.54, 1.807) is 6.20 Å². The molecule has 4 heteroatoms. The molecule has 0 amide bonds. The standard InChI is InChI=1S/C17H15ClN2O/c18-14-6-1-4-12(9-10-19)17(14)21-16-8-2-7-15-13(16)5-3-11-20-15/h1-8,11H,9-10,19H2. The van der Waals surface area contributed by atoms with Crippen LogP contribution in [0.2, 0.25) is 5.02 Å². The van der Waals surface area contributed by atoms with Crippen LogP contribution < -0.4 is 10.5 Å². The van der Waals surface area contributed by atoms with Crippen LogP contribution >= 0.6 is 11.6 Å². The van der Waals surface area contributed by atoms with E-state index in [9.17, 15) is 0 Å². The number of ether oxygens (including phenoxy) is 1. The summed E-state index contributed by atoms with van der Waals surface area (Å²) in [7, 11) is 0. The van der Waals surface area contributed by atoms with Crippen LogP contribution in [0, 0.1) is 0 Å². The van der Waals surface area contributed by atoms with Gasteiger partial charge < -0.3 is 10.5 Å². The largest absolute Gasteiger partial charge is 0.455 e. The molecule has 2 N–H and O–H groups in total. The third-order valence-electron chi connectivity index (χ3n) is 3.28. The fraction of sp³-hybridized carbons (Fsp3) is 0.118. The lowest BCUT2D eigenvalue weighted by molar-refractivity contribution is 0.482. The molecule has 0 aliphatic carbocycles. The molecular formula is C17H15ClN2O. The van der Waals surface area contributed by atoms with Gasteiger partial charge in [0.2, 0.25) is 0 Å². The van der Waals surface area contributed by atoms with Gasteiger partial charge in [-0.15, -0.1) is 0 Å². The molecule has 0 atom stereocenters. The number of hydrogen-bond acceptors (Lipinski definition) is 3. The molecule has 3 aromatic rings. The van der Waals surface area contributed by atoms with Gasteiger partial charge in [0.15, 0.2) is 0 Å². The van der Waals surface area contributed by atoms with Crippen molar-refractivity contribution in [3.63, 3.8) is 0 Å². The Labute approximate surface area is 128 Å². The Hall–Kier alpha value is -2.10. The summed E-state index contributed by atoms with van der Waals surface area (Å²) in [4.78, 5) is 4.33. The summed E-state index contributed by atoms with van der Waals surface area (Å²) in [5.74, 6) is 1.41. The highest BCUT2D eigenvalue weighted by Gasteiger charge is 2.11. The number of benzene rings is 2. The summed E-state index contributed by atoms with van der Waals surface area (Å²) in [6.07, 6.45) is 2.49. The van der Waals surface area contributed by atoms with Gasteiger partial charge in [-0.05, 0) is 48.9 Å². The van der Waals surface area contributed by atoms with Gasteiger partial charge in [0.05, 0.1) is 10.5 Å². The lowest BCUT2D eigenvalue weighted by atomic mass is 10.1. The zero-order valence-electron chi connectivity index (χ0n) is 11.4. The number of pyridine rings is 1. The van der Waals surface area contributed by atoms with Crippen molar-refractivity contribution in [1.82, 2.24) is 4.98 Å². The number of nitrogens with two attached hydrogens (primary N) is 1. The second kappa shape index (κ2) is 6.12. The number of halogens is 1. The van der Waals surface area contributed by atoms with E-state index in [-0.39, 0.29) is 0 Å². The maximum absolute atomic E-state index is 6.28. The Bertz CT molecular complexity index is 768. The highest BCUT2D eigenvalue weighted by Crippen LogP contribution is 2.35. The predicted molar refractivity (Wildman–Crippen MR) is 86.0 cm³/mol. The summed E-state index contributed by atoms with van der Waals surface area (Å²) in [6, 6.07) is 15.4. The first-order valence-corrected chi connectivity index (χ1v) is 7.16. The first kappa shape index (κ1) is 13.9. The molecule has 0 unspecified atom stereocenters. The molecule has 0 saturated heterocycles. The molecule has 3 nitrogen and oxygen atoms in total. The van der Waals surface area contributed by atoms with E-state index in [1.807, 2.05) is 48.5 Å². The third-order valence-corrected chi connectivity index (χ3v) is 3.58. The average molecular weight is 299 g/mol. The van der Waals surface area contributed by atoms with Crippen LogP contribution in [0.3, 0.4) is 0 Å². The zero-order chi connectivity index (χ0) is 14.7. The third kappa shape index (κ3) is 2.84. The van der Waals surface area contributed by atoms with E-state index in [1.165, 1.54) is 0 Å². The van der Waals surface area contributed by atoms with Crippen LogP contribution in [0.1, 0.15) is 5.56 Å². The molecule has 0 radical (unpaired) electrons. The lowest BCUT2D eigenvalue weighted by Crippen LogP contribution is -2.04. The topological polar surface area (TPSA) is 48.1 Å². The molecule has 1 aromatic heterocycles. The maximum Gasteiger partial charge on any atom is 0.149 e. The highest BCUT2D eigenvalue weighted by atomic mass is 35.5. The minimum Gasteiger partial charge on any atom is -0.455 e. The molecule has 21 heavy (non-hydrogen) atoms. The normalized spacial score (nSPS) is 10.8. The molecule has 0 aliphatic rings. The highest BCUT2D eigenvalue weighted by molar-refractivity contribution is 6.32. The number of nitrogens with zero attached hydrogens (tertiary/aromatic N) is 1. The second-order valence-corrected chi connectivity index (χ2v) is 5.10. The Morgan fingerprint density at radius 3 is 2.76 bits per heavy atom. The number of rotatable bonds is 4. The molecular weight excluding hydrogens is 284 g/mol. The molecule has 2 aromatic carbocycles. The van der Waals surface area contributed by atoms with Gasteiger partial charge in [-0.1, -0.05) is 29.8 Å². The Balaban J connectivity index is 2.07. The minimum absolute atomic E-state index is 0.549. The van der Waals surface area contributed by atoms with Crippen molar-refractivity contribution < 1.29 is 4.74 Å².